The maximum Gasteiger partial charge on any atom is 0.321 e. The van der Waals surface area contributed by atoms with Crippen molar-refractivity contribution in [3.63, 3.8) is 0 Å². The zero-order valence-electron chi connectivity index (χ0n) is 18.5. The number of amides is 3. The Hall–Kier alpha value is -2.57. The van der Waals surface area contributed by atoms with Crippen LogP contribution in [0.15, 0.2) is 18.2 Å². The van der Waals surface area contributed by atoms with E-state index in [0.29, 0.717) is 29.1 Å². The molecule has 0 heterocycles. The summed E-state index contributed by atoms with van der Waals surface area (Å²) in [5.41, 5.74) is 1.51. The second kappa shape index (κ2) is 8.52. The maximum absolute atomic E-state index is 12.5. The molecule has 2 N–H and O–H groups in total. The van der Waals surface area contributed by atoms with Crippen molar-refractivity contribution in [3.8, 4) is 5.75 Å². The van der Waals surface area contributed by atoms with Crippen molar-refractivity contribution in [1.29, 1.82) is 0 Å². The summed E-state index contributed by atoms with van der Waals surface area (Å²) < 4.78 is 10.5. The van der Waals surface area contributed by atoms with Crippen molar-refractivity contribution in [2.75, 3.05) is 7.11 Å². The Bertz CT molecular complexity index is 845. The minimum absolute atomic E-state index is 0.0120. The summed E-state index contributed by atoms with van der Waals surface area (Å²) in [7, 11) is 1.54. The van der Waals surface area contributed by atoms with Crippen LogP contribution in [0.1, 0.15) is 56.6 Å². The summed E-state index contributed by atoms with van der Waals surface area (Å²) in [6.45, 7) is 3.39. The number of methoxy groups -OCH3 is 1. The van der Waals surface area contributed by atoms with E-state index in [1.54, 1.807) is 6.07 Å². The Morgan fingerprint density at radius 3 is 2.29 bits per heavy atom. The van der Waals surface area contributed by atoms with Crippen LogP contribution in [0.2, 0.25) is 0 Å². The lowest BCUT2D eigenvalue weighted by molar-refractivity contribution is -0.153. The van der Waals surface area contributed by atoms with Crippen molar-refractivity contribution < 1.29 is 23.9 Å². The van der Waals surface area contributed by atoms with E-state index in [-0.39, 0.29) is 12.0 Å². The number of rotatable bonds is 6. The monoisotopic (exact) mass is 428 g/mol. The summed E-state index contributed by atoms with van der Waals surface area (Å²) in [6.07, 6.45) is 5.77. The van der Waals surface area contributed by atoms with Gasteiger partial charge in [0.15, 0.2) is 6.10 Å². The first-order chi connectivity index (χ1) is 14.7. The molecular weight excluding hydrogens is 396 g/mol. The van der Waals surface area contributed by atoms with Crippen LogP contribution >= 0.6 is 0 Å². The summed E-state index contributed by atoms with van der Waals surface area (Å²) in [5.74, 6) is 1.51. The Kier molecular flexibility index (Phi) is 5.95. The molecular formula is C24H32N2O5. The Labute approximate surface area is 183 Å². The standard InChI is InChI=1S/C24H32N2O5/c1-14-4-5-20(30-3)19(6-14)10-21(27)31-15(2)22(28)25-23(29)26-24-11-16-7-17(12-24)9-18(8-16)13-24/h4-6,15-18H,7-13H2,1-3H3,(H2,25,26,28,29)/t15-,16?,17?,18?,24?/m0/s1. The number of carbonyl (C=O) groups excluding carboxylic acids is 3. The highest BCUT2D eigenvalue weighted by atomic mass is 16.5. The molecule has 4 aliphatic rings. The third kappa shape index (κ3) is 4.86. The van der Waals surface area contributed by atoms with E-state index in [9.17, 15) is 14.4 Å². The van der Waals surface area contributed by atoms with E-state index in [1.165, 1.54) is 33.3 Å². The van der Waals surface area contributed by atoms with Crippen LogP contribution in [-0.4, -0.2) is 36.7 Å². The van der Waals surface area contributed by atoms with Gasteiger partial charge in [0.2, 0.25) is 0 Å². The largest absolute Gasteiger partial charge is 0.496 e. The van der Waals surface area contributed by atoms with Gasteiger partial charge < -0.3 is 14.8 Å². The molecule has 0 aromatic heterocycles. The Morgan fingerprint density at radius 1 is 1.10 bits per heavy atom. The molecule has 5 rings (SSSR count). The predicted octanol–water partition coefficient (Wildman–Crippen LogP) is 3.27. The fourth-order valence-electron chi connectivity index (χ4n) is 6.24. The van der Waals surface area contributed by atoms with E-state index in [4.69, 9.17) is 9.47 Å². The van der Waals surface area contributed by atoms with E-state index >= 15 is 0 Å². The quantitative estimate of drug-likeness (QED) is 0.679. The lowest BCUT2D eigenvalue weighted by Crippen LogP contribution is -2.62. The van der Waals surface area contributed by atoms with Gasteiger partial charge >= 0.3 is 12.0 Å². The number of esters is 1. The molecule has 4 saturated carbocycles. The third-order valence-electron chi connectivity index (χ3n) is 7.10. The number of urea groups is 1. The van der Waals surface area contributed by atoms with Gasteiger partial charge in [-0.2, -0.15) is 0 Å². The van der Waals surface area contributed by atoms with Gasteiger partial charge in [0.05, 0.1) is 13.5 Å². The average molecular weight is 429 g/mol. The van der Waals surface area contributed by atoms with E-state index in [0.717, 1.165) is 24.8 Å². The topological polar surface area (TPSA) is 93.7 Å². The molecule has 31 heavy (non-hydrogen) atoms. The maximum atomic E-state index is 12.5. The number of ether oxygens (including phenoxy) is 2. The molecule has 0 saturated heterocycles. The second-order valence-electron chi connectivity index (χ2n) is 9.77. The molecule has 1 aromatic rings. The van der Waals surface area contributed by atoms with Crippen molar-refractivity contribution in [3.05, 3.63) is 29.3 Å². The van der Waals surface area contributed by atoms with Crippen LogP contribution in [0.5, 0.6) is 5.75 Å². The van der Waals surface area contributed by atoms with Crippen LogP contribution < -0.4 is 15.4 Å². The molecule has 1 atom stereocenters. The normalized spacial score (nSPS) is 29.2. The molecule has 0 unspecified atom stereocenters. The van der Waals surface area contributed by atoms with Crippen LogP contribution in [0.3, 0.4) is 0 Å². The first kappa shape index (κ1) is 21.7. The molecule has 4 aliphatic carbocycles. The minimum Gasteiger partial charge on any atom is -0.496 e. The van der Waals surface area contributed by atoms with Crippen LogP contribution in [0.4, 0.5) is 4.79 Å². The van der Waals surface area contributed by atoms with Gasteiger partial charge in [-0.1, -0.05) is 17.7 Å². The highest BCUT2D eigenvalue weighted by Crippen LogP contribution is 2.55. The molecule has 7 heteroatoms. The summed E-state index contributed by atoms with van der Waals surface area (Å²) in [6, 6.07) is 5.05. The molecule has 0 spiro atoms. The van der Waals surface area contributed by atoms with E-state index in [1.807, 2.05) is 19.1 Å². The zero-order valence-corrected chi connectivity index (χ0v) is 18.5. The van der Waals surface area contributed by atoms with Gasteiger partial charge in [-0.05, 0) is 76.2 Å². The number of hydrogen-bond donors (Lipinski definition) is 2. The molecule has 3 amide bonds. The lowest BCUT2D eigenvalue weighted by Gasteiger charge is -2.56. The van der Waals surface area contributed by atoms with Crippen LogP contribution in [0, 0.1) is 24.7 Å². The number of carbonyl (C=O) groups is 3. The van der Waals surface area contributed by atoms with Gasteiger partial charge in [-0.15, -0.1) is 0 Å². The van der Waals surface area contributed by atoms with Crippen molar-refractivity contribution >= 4 is 17.9 Å². The van der Waals surface area contributed by atoms with Crippen molar-refractivity contribution in [2.45, 2.75) is 70.4 Å². The third-order valence-corrected chi connectivity index (χ3v) is 7.10. The molecule has 1 aromatic carbocycles. The highest BCUT2D eigenvalue weighted by molar-refractivity contribution is 5.97. The average Bonchev–Trinajstić information content (AvgIpc) is 2.66. The van der Waals surface area contributed by atoms with Gasteiger partial charge in [0.1, 0.15) is 5.75 Å². The van der Waals surface area contributed by atoms with Gasteiger partial charge in [0.25, 0.3) is 5.91 Å². The molecule has 7 nitrogen and oxygen atoms in total. The minimum atomic E-state index is -1.06. The summed E-state index contributed by atoms with van der Waals surface area (Å²) in [4.78, 5) is 37.3. The SMILES string of the molecule is COc1ccc(C)cc1CC(=O)O[C@@H](C)C(=O)NC(=O)NC12CC3CC(CC(C3)C1)C2. The number of imide groups is 1. The molecule has 168 valence electrons. The predicted molar refractivity (Wildman–Crippen MR) is 115 cm³/mol. The zero-order chi connectivity index (χ0) is 22.2. The number of hydrogen-bond acceptors (Lipinski definition) is 5. The first-order valence-electron chi connectivity index (χ1n) is 11.2. The van der Waals surface area contributed by atoms with Crippen LogP contribution in [-0.2, 0) is 20.7 Å². The number of benzene rings is 1. The van der Waals surface area contributed by atoms with E-state index < -0.39 is 24.0 Å². The van der Waals surface area contributed by atoms with Gasteiger partial charge in [0, 0.05) is 11.1 Å². The second-order valence-corrected chi connectivity index (χ2v) is 9.77. The fourth-order valence-corrected chi connectivity index (χ4v) is 6.24. The van der Waals surface area contributed by atoms with E-state index in [2.05, 4.69) is 10.6 Å². The fraction of sp³-hybridized carbons (Fsp3) is 0.625. The number of aryl methyl sites for hydroxylation is 1. The molecule has 0 radical (unpaired) electrons. The van der Waals surface area contributed by atoms with Crippen molar-refractivity contribution in [1.82, 2.24) is 10.6 Å². The van der Waals surface area contributed by atoms with Gasteiger partial charge in [-0.25, -0.2) is 4.79 Å². The summed E-state index contributed by atoms with van der Waals surface area (Å²) in [5, 5.41) is 5.46. The molecule has 4 bridgehead atoms. The molecule has 0 aliphatic heterocycles. The van der Waals surface area contributed by atoms with Crippen LogP contribution in [0.25, 0.3) is 0 Å². The first-order valence-corrected chi connectivity index (χ1v) is 11.2. The number of nitrogens with one attached hydrogen (secondary N) is 2. The smallest absolute Gasteiger partial charge is 0.321 e. The lowest BCUT2D eigenvalue weighted by atomic mass is 9.53. The Morgan fingerprint density at radius 2 is 1.71 bits per heavy atom. The van der Waals surface area contributed by atoms with Crippen molar-refractivity contribution in [2.24, 2.45) is 17.8 Å². The van der Waals surface area contributed by atoms with Gasteiger partial charge in [-0.3, -0.25) is 14.9 Å². The summed E-state index contributed by atoms with van der Waals surface area (Å²) >= 11 is 0. The highest BCUT2D eigenvalue weighted by Gasteiger charge is 2.51. The molecule has 4 fully saturated rings. The Balaban J connectivity index is 1.28.